The van der Waals surface area contributed by atoms with Crippen molar-refractivity contribution in [2.45, 2.75) is 19.4 Å². The van der Waals surface area contributed by atoms with E-state index in [2.05, 4.69) is 10.3 Å². The minimum atomic E-state index is -0.466. The van der Waals surface area contributed by atoms with E-state index in [1.54, 1.807) is 18.2 Å². The second kappa shape index (κ2) is 3.68. The number of aliphatic hydroxyl groups excluding tert-OH is 1. The maximum atomic E-state index is 9.12. The van der Waals surface area contributed by atoms with Crippen LogP contribution >= 0.6 is 0 Å². The number of nitrogens with zero attached hydrogens (tertiary/aromatic N) is 1. The number of hydrogen-bond donors (Lipinski definition) is 3. The van der Waals surface area contributed by atoms with E-state index >= 15 is 0 Å². The number of aromatic nitrogens is 1. The summed E-state index contributed by atoms with van der Waals surface area (Å²) in [6.45, 7) is 3.71. The van der Waals surface area contributed by atoms with Crippen LogP contribution in [0.25, 0.3) is 11.1 Å². The molecule has 5 heteroatoms. The number of nitrogens with one attached hydrogen (secondary N) is 1. The summed E-state index contributed by atoms with van der Waals surface area (Å²) in [5.74, 6) is 0. The Hall–Kier alpha value is -1.75. The molecule has 16 heavy (non-hydrogen) atoms. The fourth-order valence-corrected chi connectivity index (χ4v) is 1.33. The third-order valence-electron chi connectivity index (χ3n) is 2.25. The van der Waals surface area contributed by atoms with Gasteiger partial charge in [0, 0.05) is 5.69 Å². The number of benzene rings is 1. The largest absolute Gasteiger partial charge is 0.424 e. The van der Waals surface area contributed by atoms with Gasteiger partial charge in [-0.1, -0.05) is 0 Å². The first-order valence-corrected chi connectivity index (χ1v) is 5.05. The van der Waals surface area contributed by atoms with Gasteiger partial charge in [-0.25, -0.2) is 0 Å². The number of rotatable bonds is 3. The predicted octanol–water partition coefficient (Wildman–Crippen LogP) is 1.59. The lowest BCUT2D eigenvalue weighted by Gasteiger charge is -2.21. The Morgan fingerprint density at radius 2 is 2.25 bits per heavy atom. The van der Waals surface area contributed by atoms with Crippen LogP contribution in [0, 0.1) is 0 Å². The molecule has 0 saturated carbocycles. The van der Waals surface area contributed by atoms with Gasteiger partial charge in [0.2, 0.25) is 0 Å². The van der Waals surface area contributed by atoms with Crippen LogP contribution in [0.15, 0.2) is 22.6 Å². The molecule has 0 radical (unpaired) electrons. The zero-order chi connectivity index (χ0) is 11.8. The molecule has 1 aromatic heterocycles. The summed E-state index contributed by atoms with van der Waals surface area (Å²) in [4.78, 5) is 4.24. The average Bonchev–Trinajstić information content (AvgIpc) is 2.58. The van der Waals surface area contributed by atoms with Crippen molar-refractivity contribution in [3.05, 3.63) is 18.2 Å². The van der Waals surface area contributed by atoms with E-state index in [1.807, 2.05) is 13.8 Å². The molecule has 86 valence electrons. The maximum Gasteiger partial charge on any atom is 0.296 e. The highest BCUT2D eigenvalue weighted by molar-refractivity contribution is 5.78. The molecule has 2 aromatic rings. The fourth-order valence-electron chi connectivity index (χ4n) is 1.33. The monoisotopic (exact) mass is 221 g/mol. The zero-order valence-electron chi connectivity index (χ0n) is 9.32. The molecule has 2 rings (SSSR count). The number of fused-ring (bicyclic) bond motifs is 1. The summed E-state index contributed by atoms with van der Waals surface area (Å²) in [6.07, 6.45) is 0. The molecule has 0 fully saturated rings. The number of nitrogen functional groups attached to an aromatic ring is 1. The van der Waals surface area contributed by atoms with Crippen LogP contribution in [0.4, 0.5) is 11.7 Å². The number of oxazole rings is 1. The van der Waals surface area contributed by atoms with E-state index < -0.39 is 5.54 Å². The molecule has 0 spiro atoms. The van der Waals surface area contributed by atoms with E-state index in [4.69, 9.17) is 15.3 Å². The highest BCUT2D eigenvalue weighted by Crippen LogP contribution is 2.22. The van der Waals surface area contributed by atoms with E-state index in [-0.39, 0.29) is 6.61 Å². The van der Waals surface area contributed by atoms with Crippen molar-refractivity contribution >= 4 is 22.8 Å². The van der Waals surface area contributed by atoms with E-state index in [9.17, 15) is 0 Å². The minimum Gasteiger partial charge on any atom is -0.424 e. The maximum absolute atomic E-state index is 9.12. The van der Waals surface area contributed by atoms with Crippen molar-refractivity contribution < 1.29 is 9.52 Å². The van der Waals surface area contributed by atoms with Crippen LogP contribution in [-0.2, 0) is 0 Å². The molecule has 0 aliphatic rings. The van der Waals surface area contributed by atoms with Gasteiger partial charge in [0.15, 0.2) is 5.58 Å². The van der Waals surface area contributed by atoms with Crippen LogP contribution in [0.5, 0.6) is 0 Å². The lowest BCUT2D eigenvalue weighted by Crippen LogP contribution is -2.34. The minimum absolute atomic E-state index is 0.00609. The van der Waals surface area contributed by atoms with Gasteiger partial charge in [-0.05, 0) is 32.0 Å². The van der Waals surface area contributed by atoms with Gasteiger partial charge in [0.1, 0.15) is 5.52 Å². The van der Waals surface area contributed by atoms with Crippen LogP contribution in [0.2, 0.25) is 0 Å². The number of anilines is 2. The Morgan fingerprint density at radius 3 is 2.94 bits per heavy atom. The van der Waals surface area contributed by atoms with Crippen LogP contribution < -0.4 is 11.1 Å². The molecule has 0 atom stereocenters. The van der Waals surface area contributed by atoms with Crippen LogP contribution in [0.3, 0.4) is 0 Å². The number of hydrogen-bond acceptors (Lipinski definition) is 5. The quantitative estimate of drug-likeness (QED) is 0.685. The van der Waals surface area contributed by atoms with Crippen molar-refractivity contribution in [1.29, 1.82) is 0 Å². The third-order valence-corrected chi connectivity index (χ3v) is 2.25. The first-order valence-electron chi connectivity index (χ1n) is 5.05. The SMILES string of the molecule is CC(C)(CO)Nc1nc2cc(N)ccc2o1. The molecule has 5 nitrogen and oxygen atoms in total. The second-order valence-corrected chi connectivity index (χ2v) is 4.41. The summed E-state index contributed by atoms with van der Waals surface area (Å²) in [5.41, 5.74) is 7.20. The molecule has 1 aromatic carbocycles. The molecule has 1 heterocycles. The Balaban J connectivity index is 2.33. The Morgan fingerprint density at radius 1 is 1.50 bits per heavy atom. The van der Waals surface area contributed by atoms with Gasteiger partial charge in [0.25, 0.3) is 6.01 Å². The number of nitrogens with two attached hydrogens (primary N) is 1. The van der Waals surface area contributed by atoms with Crippen LogP contribution in [0.1, 0.15) is 13.8 Å². The standard InChI is InChI=1S/C11H15N3O2/c1-11(2,6-15)14-10-13-8-5-7(12)3-4-9(8)16-10/h3-5,15H,6,12H2,1-2H3,(H,13,14). The third kappa shape index (κ3) is 2.09. The van der Waals surface area contributed by atoms with Gasteiger partial charge >= 0.3 is 0 Å². The highest BCUT2D eigenvalue weighted by Gasteiger charge is 2.18. The highest BCUT2D eigenvalue weighted by atomic mass is 16.4. The molecule has 0 amide bonds. The molecule has 0 saturated heterocycles. The van der Waals surface area contributed by atoms with E-state index in [0.717, 1.165) is 0 Å². The van der Waals surface area contributed by atoms with Gasteiger partial charge < -0.3 is 20.6 Å². The van der Waals surface area contributed by atoms with Crippen molar-refractivity contribution in [3.63, 3.8) is 0 Å². The second-order valence-electron chi connectivity index (χ2n) is 4.41. The predicted molar refractivity (Wildman–Crippen MR) is 63.2 cm³/mol. The molecular weight excluding hydrogens is 206 g/mol. The van der Waals surface area contributed by atoms with Gasteiger partial charge in [-0.3, -0.25) is 0 Å². The van der Waals surface area contributed by atoms with Gasteiger partial charge in [0.05, 0.1) is 12.1 Å². The molecule has 4 N–H and O–H groups in total. The van der Waals surface area contributed by atoms with Crippen molar-refractivity contribution in [2.24, 2.45) is 0 Å². The van der Waals surface area contributed by atoms with Gasteiger partial charge in [-0.15, -0.1) is 0 Å². The summed E-state index contributed by atoms with van der Waals surface area (Å²) in [6, 6.07) is 5.67. The normalized spacial score (nSPS) is 11.9. The Kier molecular flexibility index (Phi) is 2.47. The summed E-state index contributed by atoms with van der Waals surface area (Å²) < 4.78 is 5.47. The van der Waals surface area contributed by atoms with Crippen LogP contribution in [-0.4, -0.2) is 22.2 Å². The molecule has 0 aliphatic carbocycles. The molecule has 0 unspecified atom stereocenters. The fraction of sp³-hybridized carbons (Fsp3) is 0.364. The Labute approximate surface area is 93.3 Å². The molecular formula is C11H15N3O2. The first kappa shape index (κ1) is 10.8. The molecule has 0 bridgehead atoms. The Bertz CT molecular complexity index is 505. The lowest BCUT2D eigenvalue weighted by atomic mass is 10.1. The van der Waals surface area contributed by atoms with Crippen molar-refractivity contribution in [3.8, 4) is 0 Å². The average molecular weight is 221 g/mol. The first-order chi connectivity index (χ1) is 7.50. The summed E-state index contributed by atoms with van der Waals surface area (Å²) in [7, 11) is 0. The van der Waals surface area contributed by atoms with E-state index in [1.165, 1.54) is 0 Å². The zero-order valence-corrected chi connectivity index (χ0v) is 9.32. The summed E-state index contributed by atoms with van der Waals surface area (Å²) in [5, 5.41) is 12.1. The number of aliphatic hydroxyl groups is 1. The van der Waals surface area contributed by atoms with Crippen molar-refractivity contribution in [1.82, 2.24) is 4.98 Å². The lowest BCUT2D eigenvalue weighted by molar-refractivity contribution is 0.231. The van der Waals surface area contributed by atoms with Crippen molar-refractivity contribution in [2.75, 3.05) is 17.7 Å². The smallest absolute Gasteiger partial charge is 0.296 e. The summed E-state index contributed by atoms with van der Waals surface area (Å²) >= 11 is 0. The topological polar surface area (TPSA) is 84.3 Å². The van der Waals surface area contributed by atoms with Gasteiger partial charge in [-0.2, -0.15) is 4.98 Å². The molecule has 0 aliphatic heterocycles. The van der Waals surface area contributed by atoms with E-state index in [0.29, 0.717) is 22.8 Å².